The van der Waals surface area contributed by atoms with E-state index in [2.05, 4.69) is 16.9 Å². The van der Waals surface area contributed by atoms with Gasteiger partial charge in [-0.2, -0.15) is 0 Å². The summed E-state index contributed by atoms with van der Waals surface area (Å²) in [4.78, 5) is 10.8. The number of nitrogens with two attached hydrogens (primary N) is 1. The van der Waals surface area contributed by atoms with Gasteiger partial charge in [0.15, 0.2) is 0 Å². The number of hydrogen-bond donors (Lipinski definition) is 1. The Bertz CT molecular complexity index is 976. The summed E-state index contributed by atoms with van der Waals surface area (Å²) in [5, 5.41) is 0.607. The smallest absolute Gasteiger partial charge is 0.113 e. The second kappa shape index (κ2) is 5.83. The van der Waals surface area contributed by atoms with Gasteiger partial charge >= 0.3 is 0 Å². The molecule has 134 valence electrons. The minimum Gasteiger partial charge on any atom is -0.386 e. The number of hydrogen-bond acceptors (Lipinski definition) is 5. The van der Waals surface area contributed by atoms with E-state index in [1.165, 1.54) is 0 Å². The van der Waals surface area contributed by atoms with Crippen LogP contribution < -0.4 is 5.73 Å². The first-order valence-electron chi connectivity index (χ1n) is 7.88. The number of nitrogens with zero attached hydrogens (tertiary/aromatic N) is 2. The SMILES string of the molecule is C=S1(=O)C[C@@](C)(c2sc(-c3cncc(C)c3)cc2Cl)N=C(N)C1(C)C. The molecule has 0 bridgehead atoms. The molecule has 2 aromatic heterocycles. The zero-order chi connectivity index (χ0) is 18.6. The Labute approximate surface area is 158 Å². The van der Waals surface area contributed by atoms with Crippen LogP contribution in [0.5, 0.6) is 0 Å². The van der Waals surface area contributed by atoms with E-state index in [9.17, 15) is 4.21 Å². The van der Waals surface area contributed by atoms with Crippen molar-refractivity contribution in [3.05, 3.63) is 40.0 Å². The van der Waals surface area contributed by atoms with E-state index in [-0.39, 0.29) is 0 Å². The van der Waals surface area contributed by atoms with Crippen molar-refractivity contribution in [2.24, 2.45) is 10.7 Å². The van der Waals surface area contributed by atoms with E-state index in [0.717, 1.165) is 20.9 Å². The fourth-order valence-corrected chi connectivity index (χ4v) is 6.55. The second-order valence-electron chi connectivity index (χ2n) is 7.28. The van der Waals surface area contributed by atoms with Gasteiger partial charge in [0, 0.05) is 28.6 Å². The predicted octanol–water partition coefficient (Wildman–Crippen LogP) is 3.85. The predicted molar refractivity (Wildman–Crippen MR) is 110 cm³/mol. The molecule has 7 heteroatoms. The number of pyridine rings is 1. The van der Waals surface area contributed by atoms with Gasteiger partial charge in [0.25, 0.3) is 0 Å². The highest BCUT2D eigenvalue weighted by Gasteiger charge is 2.46. The molecule has 0 aliphatic carbocycles. The molecule has 0 aromatic carbocycles. The van der Waals surface area contributed by atoms with Crippen molar-refractivity contribution in [2.75, 3.05) is 5.75 Å². The molecular weight excluding hydrogens is 374 g/mol. The maximum absolute atomic E-state index is 13.2. The normalized spacial score (nSPS) is 28.6. The summed E-state index contributed by atoms with van der Waals surface area (Å²) < 4.78 is 12.4. The highest BCUT2D eigenvalue weighted by Crippen LogP contribution is 2.45. The fraction of sp³-hybridized carbons (Fsp3) is 0.389. The van der Waals surface area contributed by atoms with Crippen molar-refractivity contribution in [2.45, 2.75) is 38.0 Å². The van der Waals surface area contributed by atoms with Gasteiger partial charge in [0.1, 0.15) is 11.4 Å². The van der Waals surface area contributed by atoms with Gasteiger partial charge in [-0.3, -0.25) is 14.2 Å². The summed E-state index contributed by atoms with van der Waals surface area (Å²) >= 11 is 8.08. The molecule has 0 amide bonds. The molecule has 1 aliphatic rings. The maximum Gasteiger partial charge on any atom is 0.113 e. The topological polar surface area (TPSA) is 68.3 Å². The summed E-state index contributed by atoms with van der Waals surface area (Å²) in [6.07, 6.45) is 3.63. The molecule has 0 saturated carbocycles. The van der Waals surface area contributed by atoms with Crippen molar-refractivity contribution in [3.63, 3.8) is 0 Å². The average molecular weight is 396 g/mol. The molecule has 25 heavy (non-hydrogen) atoms. The van der Waals surface area contributed by atoms with E-state index in [4.69, 9.17) is 22.3 Å². The Kier molecular flexibility index (Phi) is 4.29. The summed E-state index contributed by atoms with van der Waals surface area (Å²) in [7, 11) is -2.46. The van der Waals surface area contributed by atoms with Crippen LogP contribution in [0.25, 0.3) is 10.4 Å². The third-order valence-corrected chi connectivity index (χ3v) is 9.71. The third kappa shape index (κ3) is 3.00. The molecular formula is C18H22ClN3OS2. The number of aryl methyl sites for hydroxylation is 1. The number of aromatic nitrogens is 1. The highest BCUT2D eigenvalue weighted by atomic mass is 35.5. The van der Waals surface area contributed by atoms with Gasteiger partial charge in [-0.1, -0.05) is 11.6 Å². The van der Waals surface area contributed by atoms with Crippen molar-refractivity contribution in [1.29, 1.82) is 0 Å². The number of aliphatic imine (C=N–C) groups is 1. The Morgan fingerprint density at radius 3 is 2.60 bits per heavy atom. The van der Waals surface area contributed by atoms with Crippen molar-refractivity contribution >= 4 is 44.2 Å². The Morgan fingerprint density at radius 1 is 1.32 bits per heavy atom. The minimum atomic E-state index is -2.46. The zero-order valence-corrected chi connectivity index (χ0v) is 17.2. The third-order valence-electron chi connectivity index (χ3n) is 4.76. The molecule has 1 aliphatic heterocycles. The Balaban J connectivity index is 2.13. The number of amidine groups is 1. The lowest BCUT2D eigenvalue weighted by molar-refractivity contribution is 0.543. The number of halogens is 1. The molecule has 2 atom stereocenters. The van der Waals surface area contributed by atoms with Crippen molar-refractivity contribution in [1.82, 2.24) is 4.98 Å². The maximum atomic E-state index is 13.2. The molecule has 0 radical (unpaired) electrons. The molecule has 1 unspecified atom stereocenters. The van der Waals surface area contributed by atoms with E-state index >= 15 is 0 Å². The van der Waals surface area contributed by atoms with Crippen LogP contribution in [0, 0.1) is 6.92 Å². The van der Waals surface area contributed by atoms with Gasteiger partial charge in [-0.25, -0.2) is 0 Å². The first-order chi connectivity index (χ1) is 11.5. The Hall–Kier alpha value is -1.37. The number of thiophene rings is 1. The average Bonchev–Trinajstić information content (AvgIpc) is 2.88. The van der Waals surface area contributed by atoms with Gasteiger partial charge in [0.05, 0.1) is 14.6 Å². The second-order valence-corrected chi connectivity index (χ2v) is 11.7. The fourth-order valence-electron chi connectivity index (χ4n) is 2.94. The van der Waals surface area contributed by atoms with Crippen molar-refractivity contribution < 1.29 is 4.21 Å². The van der Waals surface area contributed by atoms with Crippen LogP contribution in [0.3, 0.4) is 0 Å². The molecule has 0 fully saturated rings. The minimum absolute atomic E-state index is 0.319. The molecule has 0 spiro atoms. The van der Waals surface area contributed by atoms with Gasteiger partial charge < -0.3 is 5.73 Å². The Morgan fingerprint density at radius 2 is 2.00 bits per heavy atom. The van der Waals surface area contributed by atoms with E-state index in [1.54, 1.807) is 11.3 Å². The highest BCUT2D eigenvalue weighted by molar-refractivity contribution is 8.02. The van der Waals surface area contributed by atoms with E-state index in [1.807, 2.05) is 46.2 Å². The zero-order valence-electron chi connectivity index (χ0n) is 14.8. The summed E-state index contributed by atoms with van der Waals surface area (Å²) in [5.41, 5.74) is 7.52. The van der Waals surface area contributed by atoms with E-state index in [0.29, 0.717) is 16.6 Å². The van der Waals surface area contributed by atoms with Crippen LogP contribution in [0.4, 0.5) is 0 Å². The van der Waals surface area contributed by atoms with Crippen molar-refractivity contribution in [3.8, 4) is 10.4 Å². The molecule has 3 heterocycles. The molecule has 0 saturated heterocycles. The molecule has 2 aromatic rings. The van der Waals surface area contributed by atoms with Crippen LogP contribution in [-0.2, 0) is 15.1 Å². The summed E-state index contributed by atoms with van der Waals surface area (Å²) in [6.45, 7) is 7.59. The van der Waals surface area contributed by atoms with Crippen LogP contribution in [-0.4, -0.2) is 31.4 Å². The molecule has 4 nitrogen and oxygen atoms in total. The van der Waals surface area contributed by atoms with Crippen LogP contribution in [0.2, 0.25) is 5.02 Å². The van der Waals surface area contributed by atoms with Crippen LogP contribution in [0.1, 0.15) is 31.2 Å². The standard InChI is InChI=1S/C18H22ClN3OS2/c1-11-6-12(9-21-8-11)14-7-13(19)15(24-14)18(4)10-25(5,23)17(2,3)16(20)22-18/h6-9H,5,10H2,1-4H3,(H2,20,22)/t18-,25?/m0/s1. The van der Waals surface area contributed by atoms with Gasteiger partial charge in [0.2, 0.25) is 0 Å². The quantitative estimate of drug-likeness (QED) is 0.785. The summed E-state index contributed by atoms with van der Waals surface area (Å²) in [5.74, 6) is 4.66. The lowest BCUT2D eigenvalue weighted by Crippen LogP contribution is -2.54. The van der Waals surface area contributed by atoms with E-state index < -0.39 is 19.8 Å². The molecule has 3 rings (SSSR count). The first kappa shape index (κ1) is 18.4. The number of rotatable bonds is 2. The van der Waals surface area contributed by atoms with Crippen LogP contribution >= 0.6 is 22.9 Å². The molecule has 2 N–H and O–H groups in total. The summed E-state index contributed by atoms with van der Waals surface area (Å²) in [6, 6.07) is 3.98. The lowest BCUT2D eigenvalue weighted by Gasteiger charge is -2.40. The largest absolute Gasteiger partial charge is 0.386 e. The van der Waals surface area contributed by atoms with Gasteiger partial charge in [-0.15, -0.1) is 11.3 Å². The van der Waals surface area contributed by atoms with Gasteiger partial charge in [-0.05, 0) is 60.8 Å². The lowest BCUT2D eigenvalue weighted by atomic mass is 10.0. The first-order valence-corrected chi connectivity index (χ1v) is 11.0. The monoisotopic (exact) mass is 395 g/mol. The van der Waals surface area contributed by atoms with Crippen LogP contribution in [0.15, 0.2) is 29.5 Å².